The standard InChI is InChI=1S/C13H28N2/c1-5-7-14-9-12(3)13(4)15-8-6-11(2)10-15/h11-14H,5-10H2,1-4H3. The number of nitrogens with zero attached hydrogens (tertiary/aromatic N) is 1. The predicted octanol–water partition coefficient (Wildman–Crippen LogP) is 2.35. The van der Waals surface area contributed by atoms with Gasteiger partial charge in [-0.05, 0) is 51.2 Å². The Kier molecular flexibility index (Phi) is 5.62. The number of nitrogens with one attached hydrogen (secondary N) is 1. The van der Waals surface area contributed by atoms with E-state index in [1.165, 1.54) is 32.5 Å². The van der Waals surface area contributed by atoms with Crippen LogP contribution in [-0.4, -0.2) is 37.1 Å². The van der Waals surface area contributed by atoms with Gasteiger partial charge in [-0.15, -0.1) is 0 Å². The van der Waals surface area contributed by atoms with E-state index in [0.717, 1.165) is 24.4 Å². The van der Waals surface area contributed by atoms with Crippen LogP contribution in [-0.2, 0) is 0 Å². The fraction of sp³-hybridized carbons (Fsp3) is 1.00. The molecule has 0 aromatic carbocycles. The van der Waals surface area contributed by atoms with Crippen molar-refractivity contribution in [1.82, 2.24) is 10.2 Å². The zero-order valence-corrected chi connectivity index (χ0v) is 10.9. The average Bonchev–Trinajstić information content (AvgIpc) is 2.64. The molecule has 1 aliphatic heterocycles. The van der Waals surface area contributed by atoms with Crippen LogP contribution in [0.3, 0.4) is 0 Å². The minimum absolute atomic E-state index is 0.735. The minimum Gasteiger partial charge on any atom is -0.316 e. The van der Waals surface area contributed by atoms with Crippen LogP contribution in [0.15, 0.2) is 0 Å². The molecule has 0 radical (unpaired) electrons. The molecular weight excluding hydrogens is 184 g/mol. The molecule has 3 unspecified atom stereocenters. The minimum atomic E-state index is 0.735. The highest BCUT2D eigenvalue weighted by atomic mass is 15.2. The molecule has 1 fully saturated rings. The molecule has 2 nitrogen and oxygen atoms in total. The first-order chi connectivity index (χ1) is 7.15. The van der Waals surface area contributed by atoms with E-state index in [9.17, 15) is 0 Å². The van der Waals surface area contributed by atoms with Crippen LogP contribution in [0.25, 0.3) is 0 Å². The van der Waals surface area contributed by atoms with Crippen molar-refractivity contribution in [3.63, 3.8) is 0 Å². The topological polar surface area (TPSA) is 15.3 Å². The van der Waals surface area contributed by atoms with Crippen LogP contribution in [0, 0.1) is 11.8 Å². The van der Waals surface area contributed by atoms with E-state index >= 15 is 0 Å². The number of rotatable bonds is 6. The van der Waals surface area contributed by atoms with Crippen LogP contribution in [0.5, 0.6) is 0 Å². The first-order valence-electron chi connectivity index (χ1n) is 6.59. The fourth-order valence-electron chi connectivity index (χ4n) is 2.38. The third-order valence-electron chi connectivity index (χ3n) is 3.75. The molecule has 0 aromatic rings. The van der Waals surface area contributed by atoms with Gasteiger partial charge in [-0.3, -0.25) is 0 Å². The smallest absolute Gasteiger partial charge is 0.0105 e. The van der Waals surface area contributed by atoms with Gasteiger partial charge in [0.1, 0.15) is 0 Å². The van der Waals surface area contributed by atoms with Crippen molar-refractivity contribution in [2.45, 2.75) is 46.6 Å². The van der Waals surface area contributed by atoms with E-state index < -0.39 is 0 Å². The molecule has 90 valence electrons. The Morgan fingerprint density at radius 3 is 2.67 bits per heavy atom. The van der Waals surface area contributed by atoms with Crippen molar-refractivity contribution in [3.8, 4) is 0 Å². The zero-order valence-electron chi connectivity index (χ0n) is 10.9. The van der Waals surface area contributed by atoms with Gasteiger partial charge in [-0.2, -0.15) is 0 Å². The molecule has 1 aliphatic rings. The Hall–Kier alpha value is -0.0800. The van der Waals surface area contributed by atoms with E-state index in [1.54, 1.807) is 0 Å². The van der Waals surface area contributed by atoms with Crippen LogP contribution in [0.1, 0.15) is 40.5 Å². The summed E-state index contributed by atoms with van der Waals surface area (Å²) in [5, 5.41) is 3.52. The molecule has 15 heavy (non-hydrogen) atoms. The van der Waals surface area contributed by atoms with Gasteiger partial charge in [0.05, 0.1) is 0 Å². The molecule has 1 heterocycles. The summed E-state index contributed by atoms with van der Waals surface area (Å²) >= 11 is 0. The summed E-state index contributed by atoms with van der Waals surface area (Å²) < 4.78 is 0. The first kappa shape index (κ1) is 13.0. The van der Waals surface area contributed by atoms with Crippen LogP contribution < -0.4 is 5.32 Å². The Morgan fingerprint density at radius 1 is 1.40 bits per heavy atom. The molecular formula is C13H28N2. The molecule has 0 bridgehead atoms. The lowest BCUT2D eigenvalue weighted by atomic mass is 10.0. The maximum absolute atomic E-state index is 3.52. The van der Waals surface area contributed by atoms with Crippen LogP contribution in [0.2, 0.25) is 0 Å². The van der Waals surface area contributed by atoms with E-state index in [0.29, 0.717) is 0 Å². The number of hydrogen-bond donors (Lipinski definition) is 1. The maximum Gasteiger partial charge on any atom is 0.0105 e. The van der Waals surface area contributed by atoms with E-state index in [2.05, 4.69) is 37.9 Å². The molecule has 1 N–H and O–H groups in total. The summed E-state index contributed by atoms with van der Waals surface area (Å²) in [7, 11) is 0. The molecule has 0 amide bonds. The molecule has 0 saturated carbocycles. The molecule has 2 heteroatoms. The maximum atomic E-state index is 3.52. The highest BCUT2D eigenvalue weighted by Crippen LogP contribution is 2.21. The molecule has 1 saturated heterocycles. The lowest BCUT2D eigenvalue weighted by molar-refractivity contribution is 0.190. The third kappa shape index (κ3) is 4.12. The summed E-state index contributed by atoms with van der Waals surface area (Å²) in [6.07, 6.45) is 2.63. The molecule has 0 aromatic heterocycles. The third-order valence-corrected chi connectivity index (χ3v) is 3.75. The predicted molar refractivity (Wildman–Crippen MR) is 67.1 cm³/mol. The second-order valence-corrected chi connectivity index (χ2v) is 5.31. The molecule has 0 spiro atoms. The Morgan fingerprint density at radius 2 is 2.13 bits per heavy atom. The Balaban J connectivity index is 2.23. The van der Waals surface area contributed by atoms with Crippen molar-refractivity contribution < 1.29 is 0 Å². The summed E-state index contributed by atoms with van der Waals surface area (Å²) in [5.74, 6) is 1.67. The van der Waals surface area contributed by atoms with Gasteiger partial charge in [0.15, 0.2) is 0 Å². The second-order valence-electron chi connectivity index (χ2n) is 5.31. The largest absolute Gasteiger partial charge is 0.316 e. The summed E-state index contributed by atoms with van der Waals surface area (Å²) in [5.41, 5.74) is 0. The SMILES string of the molecule is CCCNCC(C)C(C)N1CCC(C)C1. The van der Waals surface area contributed by atoms with Gasteiger partial charge in [0, 0.05) is 12.6 Å². The van der Waals surface area contributed by atoms with Crippen molar-refractivity contribution >= 4 is 0 Å². The summed E-state index contributed by atoms with van der Waals surface area (Å²) in [6.45, 7) is 14.3. The monoisotopic (exact) mass is 212 g/mol. The van der Waals surface area contributed by atoms with Gasteiger partial charge < -0.3 is 10.2 Å². The van der Waals surface area contributed by atoms with Gasteiger partial charge in [0.25, 0.3) is 0 Å². The lowest BCUT2D eigenvalue weighted by Crippen LogP contribution is -2.40. The first-order valence-corrected chi connectivity index (χ1v) is 6.59. The van der Waals surface area contributed by atoms with Crippen molar-refractivity contribution in [2.24, 2.45) is 11.8 Å². The van der Waals surface area contributed by atoms with Crippen molar-refractivity contribution in [2.75, 3.05) is 26.2 Å². The van der Waals surface area contributed by atoms with Crippen molar-refractivity contribution in [3.05, 3.63) is 0 Å². The van der Waals surface area contributed by atoms with Gasteiger partial charge in [-0.1, -0.05) is 20.8 Å². The second kappa shape index (κ2) is 6.49. The lowest BCUT2D eigenvalue weighted by Gasteiger charge is -2.29. The highest BCUT2D eigenvalue weighted by molar-refractivity contribution is 4.80. The van der Waals surface area contributed by atoms with E-state index in [-0.39, 0.29) is 0 Å². The number of hydrogen-bond acceptors (Lipinski definition) is 2. The Labute approximate surface area is 95.4 Å². The Bertz CT molecular complexity index is 170. The fourth-order valence-corrected chi connectivity index (χ4v) is 2.38. The van der Waals surface area contributed by atoms with Gasteiger partial charge in [-0.25, -0.2) is 0 Å². The average molecular weight is 212 g/mol. The molecule has 0 aliphatic carbocycles. The summed E-state index contributed by atoms with van der Waals surface area (Å²) in [6, 6.07) is 0.735. The molecule has 3 atom stereocenters. The normalized spacial score (nSPS) is 26.8. The van der Waals surface area contributed by atoms with Gasteiger partial charge in [0.2, 0.25) is 0 Å². The van der Waals surface area contributed by atoms with Crippen LogP contribution in [0.4, 0.5) is 0 Å². The van der Waals surface area contributed by atoms with E-state index in [4.69, 9.17) is 0 Å². The van der Waals surface area contributed by atoms with Crippen LogP contribution >= 0.6 is 0 Å². The van der Waals surface area contributed by atoms with Gasteiger partial charge >= 0.3 is 0 Å². The quantitative estimate of drug-likeness (QED) is 0.680. The summed E-state index contributed by atoms with van der Waals surface area (Å²) in [4.78, 5) is 2.66. The highest BCUT2D eigenvalue weighted by Gasteiger charge is 2.25. The zero-order chi connectivity index (χ0) is 11.3. The van der Waals surface area contributed by atoms with Crippen molar-refractivity contribution in [1.29, 1.82) is 0 Å². The molecule has 1 rings (SSSR count). The van der Waals surface area contributed by atoms with E-state index in [1.807, 2.05) is 0 Å². The number of likely N-dealkylation sites (tertiary alicyclic amines) is 1.